The molecule has 4 nitrogen and oxygen atoms in total. The Morgan fingerprint density at radius 3 is 2.61 bits per heavy atom. The van der Waals surface area contributed by atoms with E-state index >= 15 is 0 Å². The van der Waals surface area contributed by atoms with Crippen LogP contribution in [0.5, 0.6) is 0 Å². The number of nitrogens with one attached hydrogen (secondary N) is 3. The van der Waals surface area contributed by atoms with Crippen molar-refractivity contribution in [2.75, 3.05) is 25.0 Å². The predicted octanol–water partition coefficient (Wildman–Crippen LogP) is 1.95. The van der Waals surface area contributed by atoms with Gasteiger partial charge in [0.1, 0.15) is 5.82 Å². The summed E-state index contributed by atoms with van der Waals surface area (Å²) < 4.78 is 12.7. The summed E-state index contributed by atoms with van der Waals surface area (Å²) in [5, 5.41) is 8.80. The van der Waals surface area contributed by atoms with Crippen molar-refractivity contribution >= 4 is 11.7 Å². The summed E-state index contributed by atoms with van der Waals surface area (Å²) in [5.41, 5.74) is 0.596. The molecule has 0 radical (unpaired) electrons. The van der Waals surface area contributed by atoms with Crippen LogP contribution in [0, 0.1) is 11.7 Å². The van der Waals surface area contributed by atoms with E-state index in [9.17, 15) is 9.18 Å². The van der Waals surface area contributed by atoms with Crippen LogP contribution in [0.2, 0.25) is 0 Å². The summed E-state index contributed by atoms with van der Waals surface area (Å²) in [6.07, 6.45) is 2.19. The predicted molar refractivity (Wildman–Crippen MR) is 69.0 cm³/mol. The minimum atomic E-state index is -0.310. The lowest BCUT2D eigenvalue weighted by Gasteiger charge is -2.22. The van der Waals surface area contributed by atoms with E-state index in [2.05, 4.69) is 16.0 Å². The molecule has 5 heteroatoms. The van der Waals surface area contributed by atoms with Crippen LogP contribution >= 0.6 is 0 Å². The Hall–Kier alpha value is -1.62. The number of carbonyl (C=O) groups excluding carboxylic acids is 1. The fraction of sp³-hybridized carbons (Fsp3) is 0.462. The molecule has 1 aliphatic rings. The average Bonchev–Trinajstić information content (AvgIpc) is 2.40. The van der Waals surface area contributed by atoms with E-state index in [0.717, 1.165) is 25.9 Å². The third kappa shape index (κ3) is 4.00. The molecule has 0 aliphatic carbocycles. The molecule has 3 N–H and O–H groups in total. The van der Waals surface area contributed by atoms with Crippen LogP contribution in [-0.2, 0) is 0 Å². The number of amides is 2. The highest BCUT2D eigenvalue weighted by molar-refractivity contribution is 5.89. The van der Waals surface area contributed by atoms with Gasteiger partial charge >= 0.3 is 6.03 Å². The van der Waals surface area contributed by atoms with Crippen LogP contribution < -0.4 is 16.0 Å². The van der Waals surface area contributed by atoms with Crippen molar-refractivity contribution in [1.82, 2.24) is 10.6 Å². The molecule has 0 saturated carbocycles. The summed E-state index contributed by atoms with van der Waals surface area (Å²) in [6.45, 7) is 2.73. The van der Waals surface area contributed by atoms with Gasteiger partial charge in [0.2, 0.25) is 0 Å². The SMILES string of the molecule is O=C(NCC1CCNCC1)Nc1ccc(F)cc1. The summed E-state index contributed by atoms with van der Waals surface area (Å²) in [4.78, 5) is 11.6. The van der Waals surface area contributed by atoms with Crippen molar-refractivity contribution in [3.8, 4) is 0 Å². The molecule has 0 bridgehead atoms. The van der Waals surface area contributed by atoms with Gasteiger partial charge in [0.25, 0.3) is 0 Å². The minimum Gasteiger partial charge on any atom is -0.338 e. The Bertz CT molecular complexity index is 388. The van der Waals surface area contributed by atoms with Crippen molar-refractivity contribution in [2.45, 2.75) is 12.8 Å². The van der Waals surface area contributed by atoms with Gasteiger partial charge in [-0.25, -0.2) is 9.18 Å². The first-order valence-corrected chi connectivity index (χ1v) is 6.25. The van der Waals surface area contributed by atoms with Gasteiger partial charge in [-0.05, 0) is 56.1 Å². The normalized spacial score (nSPS) is 16.3. The van der Waals surface area contributed by atoms with Crippen LogP contribution in [0.4, 0.5) is 14.9 Å². The number of rotatable bonds is 3. The Balaban J connectivity index is 1.73. The zero-order valence-electron chi connectivity index (χ0n) is 10.2. The van der Waals surface area contributed by atoms with E-state index < -0.39 is 0 Å². The van der Waals surface area contributed by atoms with E-state index in [4.69, 9.17) is 0 Å². The second kappa shape index (κ2) is 6.35. The monoisotopic (exact) mass is 251 g/mol. The summed E-state index contributed by atoms with van der Waals surface area (Å²) in [7, 11) is 0. The van der Waals surface area contributed by atoms with E-state index in [1.807, 2.05) is 0 Å². The smallest absolute Gasteiger partial charge is 0.319 e. The second-order valence-electron chi connectivity index (χ2n) is 4.54. The third-order valence-electron chi connectivity index (χ3n) is 3.11. The van der Waals surface area contributed by atoms with E-state index in [-0.39, 0.29) is 11.8 Å². The van der Waals surface area contributed by atoms with Crippen LogP contribution in [0.1, 0.15) is 12.8 Å². The molecule has 1 saturated heterocycles. The number of halogens is 1. The van der Waals surface area contributed by atoms with Crippen molar-refractivity contribution < 1.29 is 9.18 Å². The standard InChI is InChI=1S/C13H18FN3O/c14-11-1-3-12(4-2-11)17-13(18)16-9-10-5-7-15-8-6-10/h1-4,10,15H,5-9H2,(H2,16,17,18). The molecular formula is C13H18FN3O. The summed E-state index contributed by atoms with van der Waals surface area (Å²) in [6, 6.07) is 5.49. The van der Waals surface area contributed by atoms with Crippen molar-refractivity contribution in [2.24, 2.45) is 5.92 Å². The fourth-order valence-corrected chi connectivity index (χ4v) is 2.03. The van der Waals surface area contributed by atoms with Gasteiger partial charge in [-0.2, -0.15) is 0 Å². The molecule has 1 heterocycles. The molecule has 2 rings (SSSR count). The fourth-order valence-electron chi connectivity index (χ4n) is 2.03. The van der Waals surface area contributed by atoms with E-state index in [1.54, 1.807) is 12.1 Å². The maximum atomic E-state index is 12.7. The van der Waals surface area contributed by atoms with Gasteiger partial charge in [-0.1, -0.05) is 0 Å². The van der Waals surface area contributed by atoms with Crippen molar-refractivity contribution in [3.05, 3.63) is 30.1 Å². The zero-order valence-corrected chi connectivity index (χ0v) is 10.2. The summed E-state index contributed by atoms with van der Waals surface area (Å²) >= 11 is 0. The molecule has 98 valence electrons. The number of benzene rings is 1. The second-order valence-corrected chi connectivity index (χ2v) is 4.54. The first-order valence-electron chi connectivity index (χ1n) is 6.25. The van der Waals surface area contributed by atoms with Crippen LogP contribution in [-0.4, -0.2) is 25.7 Å². The third-order valence-corrected chi connectivity index (χ3v) is 3.11. The molecular weight excluding hydrogens is 233 g/mol. The molecule has 1 aromatic carbocycles. The molecule has 0 unspecified atom stereocenters. The lowest BCUT2D eigenvalue weighted by atomic mass is 9.98. The maximum absolute atomic E-state index is 12.7. The minimum absolute atomic E-state index is 0.236. The molecule has 1 aromatic rings. The Kier molecular flexibility index (Phi) is 4.52. The van der Waals surface area contributed by atoms with Gasteiger partial charge in [0.05, 0.1) is 0 Å². The largest absolute Gasteiger partial charge is 0.338 e. The Morgan fingerprint density at radius 2 is 1.94 bits per heavy atom. The van der Waals surface area contributed by atoms with Gasteiger partial charge in [-0.3, -0.25) is 0 Å². The van der Waals surface area contributed by atoms with Crippen LogP contribution in [0.15, 0.2) is 24.3 Å². The summed E-state index contributed by atoms with van der Waals surface area (Å²) in [5.74, 6) is 0.237. The van der Waals surface area contributed by atoms with Crippen molar-refractivity contribution in [3.63, 3.8) is 0 Å². The number of hydrogen-bond donors (Lipinski definition) is 3. The Morgan fingerprint density at radius 1 is 1.28 bits per heavy atom. The molecule has 1 fully saturated rings. The molecule has 0 atom stereocenters. The topological polar surface area (TPSA) is 53.2 Å². The van der Waals surface area contributed by atoms with E-state index in [1.165, 1.54) is 12.1 Å². The molecule has 2 amide bonds. The van der Waals surface area contributed by atoms with Gasteiger partial charge < -0.3 is 16.0 Å². The molecule has 18 heavy (non-hydrogen) atoms. The number of urea groups is 1. The van der Waals surface area contributed by atoms with E-state index in [0.29, 0.717) is 18.2 Å². The molecule has 0 aromatic heterocycles. The average molecular weight is 251 g/mol. The molecule has 0 spiro atoms. The zero-order chi connectivity index (χ0) is 12.8. The first-order chi connectivity index (χ1) is 8.74. The first kappa shape index (κ1) is 12.8. The maximum Gasteiger partial charge on any atom is 0.319 e. The highest BCUT2D eigenvalue weighted by Gasteiger charge is 2.13. The van der Waals surface area contributed by atoms with Crippen LogP contribution in [0.3, 0.4) is 0 Å². The van der Waals surface area contributed by atoms with Crippen LogP contribution in [0.25, 0.3) is 0 Å². The van der Waals surface area contributed by atoms with Crippen molar-refractivity contribution in [1.29, 1.82) is 0 Å². The number of piperidine rings is 1. The Labute approximate surface area is 106 Å². The lowest BCUT2D eigenvalue weighted by molar-refractivity contribution is 0.248. The number of carbonyl (C=O) groups is 1. The lowest BCUT2D eigenvalue weighted by Crippen LogP contribution is -2.37. The highest BCUT2D eigenvalue weighted by atomic mass is 19.1. The number of anilines is 1. The van der Waals surface area contributed by atoms with Gasteiger partial charge in [-0.15, -0.1) is 0 Å². The number of hydrogen-bond acceptors (Lipinski definition) is 2. The molecule has 1 aliphatic heterocycles. The highest BCUT2D eigenvalue weighted by Crippen LogP contribution is 2.10. The quantitative estimate of drug-likeness (QED) is 0.769. The van der Waals surface area contributed by atoms with Gasteiger partial charge in [0.15, 0.2) is 0 Å². The van der Waals surface area contributed by atoms with Gasteiger partial charge in [0, 0.05) is 12.2 Å².